The number of unbranched alkanes of at least 4 members (excludes halogenated alkanes) is 1. The minimum absolute atomic E-state index is 0.0964. The largest absolute Gasteiger partial charge is 0.371 e. The van der Waals surface area contributed by atoms with E-state index in [0.717, 1.165) is 56.3 Å². The molecule has 2 aromatic carbocycles. The lowest BCUT2D eigenvalue weighted by molar-refractivity contribution is -0.185. The summed E-state index contributed by atoms with van der Waals surface area (Å²) in [6.07, 6.45) is 5.41. The Morgan fingerprint density at radius 3 is 2.37 bits per heavy atom. The highest BCUT2D eigenvalue weighted by Gasteiger charge is 2.27. The monoisotopic (exact) mass is 504 g/mol. The first-order valence-electron chi connectivity index (χ1n) is 12.8. The molecule has 194 valence electrons. The quantitative estimate of drug-likeness (QED) is 0.226. The van der Waals surface area contributed by atoms with Gasteiger partial charge in [-0.2, -0.15) is 8.42 Å². The fraction of sp³-hybridized carbons (Fsp3) is 0.571. The fourth-order valence-electron chi connectivity index (χ4n) is 4.12. The van der Waals surface area contributed by atoms with Crippen molar-refractivity contribution in [3.8, 4) is 0 Å². The van der Waals surface area contributed by atoms with Crippen molar-refractivity contribution in [3.05, 3.63) is 65.7 Å². The van der Waals surface area contributed by atoms with Gasteiger partial charge in [0.25, 0.3) is 10.1 Å². The van der Waals surface area contributed by atoms with Crippen LogP contribution in [0.4, 0.5) is 0 Å². The van der Waals surface area contributed by atoms with Crippen LogP contribution >= 0.6 is 0 Å². The first kappa shape index (κ1) is 27.8. The predicted octanol–water partition coefficient (Wildman–Crippen LogP) is 6.17. The van der Waals surface area contributed by atoms with Crippen molar-refractivity contribution in [2.45, 2.75) is 102 Å². The molecule has 2 aromatic rings. The number of hydrogen-bond acceptors (Lipinski definition) is 6. The second-order valence-electron chi connectivity index (χ2n) is 9.43. The standard InChI is InChI=1S/C28H40O6S/c1-22-16-18-26(19-17-22)35(29,30)34-27(24(3)32-21-25-12-5-4-6-13-25)14-8-7-11-23(2)33-28-15-9-10-20-31-28/h4-6,12-13,16-19,23-24,27-28H,7-11,14-15,20-21H2,1-3H3/t23?,24-,27-,28?/m0/s1. The van der Waals surface area contributed by atoms with Crippen molar-refractivity contribution in [3.63, 3.8) is 0 Å². The summed E-state index contributed by atoms with van der Waals surface area (Å²) < 4.78 is 49.4. The third-order valence-electron chi connectivity index (χ3n) is 6.31. The predicted molar refractivity (Wildman–Crippen MR) is 137 cm³/mol. The molecule has 0 saturated carbocycles. The summed E-state index contributed by atoms with van der Waals surface area (Å²) in [6, 6.07) is 16.6. The molecule has 35 heavy (non-hydrogen) atoms. The third kappa shape index (κ3) is 9.66. The smallest absolute Gasteiger partial charge is 0.297 e. The molecule has 1 aliphatic heterocycles. The Labute approximate surface area is 211 Å². The van der Waals surface area contributed by atoms with Crippen molar-refractivity contribution in [1.82, 2.24) is 0 Å². The fourth-order valence-corrected chi connectivity index (χ4v) is 5.28. The van der Waals surface area contributed by atoms with Crippen molar-refractivity contribution < 1.29 is 26.8 Å². The molecular weight excluding hydrogens is 464 g/mol. The molecule has 4 atom stereocenters. The van der Waals surface area contributed by atoms with Crippen LogP contribution in [0.2, 0.25) is 0 Å². The van der Waals surface area contributed by atoms with Gasteiger partial charge in [-0.1, -0.05) is 60.9 Å². The maximum Gasteiger partial charge on any atom is 0.297 e. The highest BCUT2D eigenvalue weighted by molar-refractivity contribution is 7.86. The molecule has 1 aliphatic rings. The van der Waals surface area contributed by atoms with E-state index in [4.69, 9.17) is 18.4 Å². The van der Waals surface area contributed by atoms with Gasteiger partial charge in [0, 0.05) is 6.61 Å². The van der Waals surface area contributed by atoms with E-state index in [1.807, 2.05) is 44.2 Å². The lowest BCUT2D eigenvalue weighted by Crippen LogP contribution is -2.31. The van der Waals surface area contributed by atoms with Crippen molar-refractivity contribution >= 4 is 10.1 Å². The molecule has 1 heterocycles. The van der Waals surface area contributed by atoms with Crippen LogP contribution in [0.1, 0.15) is 69.9 Å². The van der Waals surface area contributed by atoms with Gasteiger partial charge in [0.1, 0.15) is 6.10 Å². The van der Waals surface area contributed by atoms with Crippen LogP contribution in [0.25, 0.3) is 0 Å². The maximum absolute atomic E-state index is 13.0. The van der Waals surface area contributed by atoms with Crippen LogP contribution < -0.4 is 0 Å². The zero-order valence-corrected chi connectivity index (χ0v) is 22.0. The van der Waals surface area contributed by atoms with Crippen LogP contribution in [0, 0.1) is 6.92 Å². The Hall–Kier alpha value is -1.77. The van der Waals surface area contributed by atoms with E-state index < -0.39 is 16.2 Å². The molecule has 7 heteroatoms. The molecule has 2 unspecified atom stereocenters. The molecule has 0 aromatic heterocycles. The Kier molecular flexibility index (Phi) is 11.2. The van der Waals surface area contributed by atoms with E-state index in [1.54, 1.807) is 24.3 Å². The van der Waals surface area contributed by atoms with E-state index in [1.165, 1.54) is 0 Å². The Bertz CT molecular complexity index is 955. The summed E-state index contributed by atoms with van der Waals surface area (Å²) in [6.45, 7) is 7.04. The first-order chi connectivity index (χ1) is 16.8. The molecule has 0 amide bonds. The molecule has 0 spiro atoms. The van der Waals surface area contributed by atoms with Crippen LogP contribution in [0.3, 0.4) is 0 Å². The summed E-state index contributed by atoms with van der Waals surface area (Å²) in [7, 11) is -3.90. The molecule has 1 fully saturated rings. The summed E-state index contributed by atoms with van der Waals surface area (Å²) in [5, 5.41) is 0. The Morgan fingerprint density at radius 2 is 1.69 bits per heavy atom. The maximum atomic E-state index is 13.0. The minimum atomic E-state index is -3.90. The van der Waals surface area contributed by atoms with Gasteiger partial charge < -0.3 is 14.2 Å². The van der Waals surface area contributed by atoms with Crippen LogP contribution in [-0.2, 0) is 35.1 Å². The van der Waals surface area contributed by atoms with E-state index in [0.29, 0.717) is 13.0 Å². The zero-order valence-electron chi connectivity index (χ0n) is 21.2. The third-order valence-corrected chi connectivity index (χ3v) is 7.66. The van der Waals surface area contributed by atoms with E-state index in [-0.39, 0.29) is 23.4 Å². The summed E-state index contributed by atoms with van der Waals surface area (Å²) in [5.74, 6) is 0. The number of benzene rings is 2. The zero-order chi connectivity index (χ0) is 25.1. The topological polar surface area (TPSA) is 71.1 Å². The first-order valence-corrected chi connectivity index (χ1v) is 14.2. The molecular formula is C28H40O6S. The number of ether oxygens (including phenoxy) is 3. The van der Waals surface area contributed by atoms with Gasteiger partial charge in [0.15, 0.2) is 6.29 Å². The molecule has 1 saturated heterocycles. The second-order valence-corrected chi connectivity index (χ2v) is 11.0. The number of aryl methyl sites for hydroxylation is 1. The second kappa shape index (κ2) is 14.1. The van der Waals surface area contributed by atoms with Crippen molar-refractivity contribution in [2.75, 3.05) is 6.61 Å². The minimum Gasteiger partial charge on any atom is -0.371 e. The molecule has 3 rings (SSSR count). The Morgan fingerprint density at radius 1 is 0.971 bits per heavy atom. The van der Waals surface area contributed by atoms with E-state index in [9.17, 15) is 8.42 Å². The Balaban J connectivity index is 1.55. The normalized spacial score (nSPS) is 19.2. The van der Waals surface area contributed by atoms with E-state index in [2.05, 4.69) is 6.92 Å². The van der Waals surface area contributed by atoms with Crippen molar-refractivity contribution in [1.29, 1.82) is 0 Å². The average Bonchev–Trinajstić information content (AvgIpc) is 2.86. The summed E-state index contributed by atoms with van der Waals surface area (Å²) in [4.78, 5) is 0.165. The lowest BCUT2D eigenvalue weighted by atomic mass is 10.1. The van der Waals surface area contributed by atoms with Crippen molar-refractivity contribution in [2.24, 2.45) is 0 Å². The van der Waals surface area contributed by atoms with Gasteiger partial charge in [0.05, 0.1) is 23.7 Å². The van der Waals surface area contributed by atoms with Gasteiger partial charge in [-0.15, -0.1) is 0 Å². The summed E-state index contributed by atoms with van der Waals surface area (Å²) in [5.41, 5.74) is 2.03. The van der Waals surface area contributed by atoms with Gasteiger partial charge in [-0.05, 0) is 70.6 Å². The molecule has 6 nitrogen and oxygen atoms in total. The molecule has 0 N–H and O–H groups in total. The van der Waals surface area contributed by atoms with E-state index >= 15 is 0 Å². The molecule has 0 radical (unpaired) electrons. The lowest BCUT2D eigenvalue weighted by Gasteiger charge is -2.26. The molecule has 0 bridgehead atoms. The summed E-state index contributed by atoms with van der Waals surface area (Å²) >= 11 is 0. The molecule has 0 aliphatic carbocycles. The highest BCUT2D eigenvalue weighted by Crippen LogP contribution is 2.23. The number of hydrogen-bond donors (Lipinski definition) is 0. The van der Waals surface area contributed by atoms with Crippen LogP contribution in [0.15, 0.2) is 59.5 Å². The van der Waals surface area contributed by atoms with Gasteiger partial charge in [-0.3, -0.25) is 4.18 Å². The average molecular weight is 505 g/mol. The van der Waals surface area contributed by atoms with Gasteiger partial charge in [-0.25, -0.2) is 0 Å². The van der Waals surface area contributed by atoms with Crippen LogP contribution in [0.5, 0.6) is 0 Å². The van der Waals surface area contributed by atoms with Crippen LogP contribution in [-0.4, -0.2) is 39.6 Å². The highest BCUT2D eigenvalue weighted by atomic mass is 32.2. The van der Waals surface area contributed by atoms with Gasteiger partial charge >= 0.3 is 0 Å². The SMILES string of the molecule is Cc1ccc(S(=O)(=O)O[C@@H](CCCCC(C)OC2CCCCO2)[C@H](C)OCc2ccccc2)cc1. The van der Waals surface area contributed by atoms with Gasteiger partial charge in [0.2, 0.25) is 0 Å². The number of rotatable bonds is 14.